The molecule has 0 aromatic heterocycles. The Labute approximate surface area is 95.0 Å². The fourth-order valence-electron chi connectivity index (χ4n) is 1.27. The number of benzene rings is 1. The summed E-state index contributed by atoms with van der Waals surface area (Å²) in [7, 11) is 0. The van der Waals surface area contributed by atoms with E-state index in [1.165, 1.54) is 12.1 Å². The van der Waals surface area contributed by atoms with Gasteiger partial charge in [0.2, 0.25) is 0 Å². The molecule has 0 spiro atoms. The summed E-state index contributed by atoms with van der Waals surface area (Å²) in [5.41, 5.74) is 1.01. The normalized spacial score (nSPS) is 9.88. The first-order valence-electron chi connectivity index (χ1n) is 5.48. The Morgan fingerprint density at radius 2 is 1.81 bits per heavy atom. The summed E-state index contributed by atoms with van der Waals surface area (Å²) < 4.78 is 12.6. The maximum absolute atomic E-state index is 12.6. The minimum absolute atomic E-state index is 0.149. The van der Waals surface area contributed by atoms with Crippen molar-refractivity contribution in [3.05, 3.63) is 35.6 Å². The van der Waals surface area contributed by atoms with Crippen molar-refractivity contribution in [2.75, 3.05) is 13.1 Å². The highest BCUT2D eigenvalue weighted by atomic mass is 19.1. The zero-order valence-electron chi connectivity index (χ0n) is 9.42. The van der Waals surface area contributed by atoms with Gasteiger partial charge in [0.15, 0.2) is 0 Å². The van der Waals surface area contributed by atoms with Gasteiger partial charge in [-0.3, -0.25) is 0 Å². The maximum Gasteiger partial charge on any atom is 0.314 e. The predicted molar refractivity (Wildman–Crippen MR) is 61.8 cm³/mol. The number of nitrogens with one attached hydrogen (secondary N) is 2. The van der Waals surface area contributed by atoms with E-state index in [0.717, 1.165) is 12.0 Å². The van der Waals surface area contributed by atoms with Gasteiger partial charge < -0.3 is 10.6 Å². The number of carbonyl (C=O) groups excluding carboxylic acids is 1. The summed E-state index contributed by atoms with van der Waals surface area (Å²) in [6.45, 7) is 3.24. The van der Waals surface area contributed by atoms with Crippen LogP contribution in [-0.4, -0.2) is 19.1 Å². The van der Waals surface area contributed by atoms with Gasteiger partial charge in [-0.25, -0.2) is 9.18 Å². The van der Waals surface area contributed by atoms with Crippen LogP contribution in [0.1, 0.15) is 18.9 Å². The van der Waals surface area contributed by atoms with Crippen molar-refractivity contribution in [2.24, 2.45) is 0 Å². The quantitative estimate of drug-likeness (QED) is 0.790. The zero-order chi connectivity index (χ0) is 11.8. The van der Waals surface area contributed by atoms with Gasteiger partial charge in [-0.05, 0) is 30.5 Å². The lowest BCUT2D eigenvalue weighted by molar-refractivity contribution is 0.241. The Morgan fingerprint density at radius 1 is 1.19 bits per heavy atom. The molecule has 0 aliphatic carbocycles. The number of urea groups is 1. The summed E-state index contributed by atoms with van der Waals surface area (Å²) in [6.07, 6.45) is 1.63. The first-order chi connectivity index (χ1) is 7.72. The second-order valence-corrected chi connectivity index (χ2v) is 3.56. The van der Waals surface area contributed by atoms with Gasteiger partial charge in [-0.15, -0.1) is 0 Å². The number of hydrogen-bond acceptors (Lipinski definition) is 1. The molecule has 0 atom stereocenters. The predicted octanol–water partition coefficient (Wildman–Crippen LogP) is 2.08. The third-order valence-corrected chi connectivity index (χ3v) is 2.15. The molecule has 2 N–H and O–H groups in total. The summed E-state index contributed by atoms with van der Waals surface area (Å²) in [4.78, 5) is 11.2. The van der Waals surface area contributed by atoms with E-state index in [2.05, 4.69) is 10.6 Å². The molecule has 0 heterocycles. The molecular formula is C12H17FN2O. The summed E-state index contributed by atoms with van der Waals surface area (Å²) in [6, 6.07) is 6.14. The zero-order valence-corrected chi connectivity index (χ0v) is 9.42. The van der Waals surface area contributed by atoms with E-state index in [-0.39, 0.29) is 11.8 Å². The topological polar surface area (TPSA) is 41.1 Å². The monoisotopic (exact) mass is 224 g/mol. The highest BCUT2D eigenvalue weighted by Gasteiger charge is 1.98. The Balaban J connectivity index is 2.20. The van der Waals surface area contributed by atoms with Crippen molar-refractivity contribution in [3.8, 4) is 0 Å². The fraction of sp³-hybridized carbons (Fsp3) is 0.417. The van der Waals surface area contributed by atoms with Crippen molar-refractivity contribution in [3.63, 3.8) is 0 Å². The molecule has 1 rings (SSSR count). The van der Waals surface area contributed by atoms with Crippen LogP contribution in [0.4, 0.5) is 9.18 Å². The van der Waals surface area contributed by atoms with E-state index in [4.69, 9.17) is 0 Å². The summed E-state index contributed by atoms with van der Waals surface area (Å²) >= 11 is 0. The molecule has 3 nitrogen and oxygen atoms in total. The average Bonchev–Trinajstić information content (AvgIpc) is 2.29. The van der Waals surface area contributed by atoms with Crippen LogP contribution < -0.4 is 10.6 Å². The van der Waals surface area contributed by atoms with E-state index < -0.39 is 0 Å². The third kappa shape index (κ3) is 4.77. The lowest BCUT2D eigenvalue weighted by Gasteiger charge is -2.06. The number of carbonyl (C=O) groups is 1. The molecule has 88 valence electrons. The van der Waals surface area contributed by atoms with Crippen LogP contribution in [0.3, 0.4) is 0 Å². The fourth-order valence-corrected chi connectivity index (χ4v) is 1.27. The van der Waals surface area contributed by atoms with Crippen LogP contribution in [0.5, 0.6) is 0 Å². The number of rotatable bonds is 5. The van der Waals surface area contributed by atoms with Gasteiger partial charge in [0.25, 0.3) is 0 Å². The van der Waals surface area contributed by atoms with Gasteiger partial charge in [0.1, 0.15) is 5.82 Å². The molecular weight excluding hydrogens is 207 g/mol. The third-order valence-electron chi connectivity index (χ3n) is 2.15. The number of hydrogen-bond donors (Lipinski definition) is 2. The average molecular weight is 224 g/mol. The van der Waals surface area contributed by atoms with Crippen LogP contribution in [0.2, 0.25) is 0 Å². The van der Waals surface area contributed by atoms with E-state index in [0.29, 0.717) is 19.5 Å². The molecule has 0 aliphatic rings. The van der Waals surface area contributed by atoms with Gasteiger partial charge in [0.05, 0.1) is 0 Å². The van der Waals surface area contributed by atoms with E-state index in [1.54, 1.807) is 12.1 Å². The lowest BCUT2D eigenvalue weighted by atomic mass is 10.1. The second-order valence-electron chi connectivity index (χ2n) is 3.56. The van der Waals surface area contributed by atoms with Crippen LogP contribution >= 0.6 is 0 Å². The van der Waals surface area contributed by atoms with Gasteiger partial charge in [-0.1, -0.05) is 19.1 Å². The molecule has 0 saturated heterocycles. The van der Waals surface area contributed by atoms with E-state index >= 15 is 0 Å². The van der Waals surface area contributed by atoms with Crippen LogP contribution in [0.25, 0.3) is 0 Å². The minimum Gasteiger partial charge on any atom is -0.338 e. The molecule has 16 heavy (non-hydrogen) atoms. The molecule has 0 saturated carbocycles. The standard InChI is InChI=1S/C12H17FN2O/c1-2-8-14-12(16)15-9-7-10-3-5-11(13)6-4-10/h3-6H,2,7-9H2,1H3,(H2,14,15,16). The molecule has 1 aromatic rings. The van der Waals surface area contributed by atoms with Crippen molar-refractivity contribution in [1.29, 1.82) is 0 Å². The largest absolute Gasteiger partial charge is 0.338 e. The number of amides is 2. The van der Waals surface area contributed by atoms with Gasteiger partial charge in [-0.2, -0.15) is 0 Å². The van der Waals surface area contributed by atoms with E-state index in [9.17, 15) is 9.18 Å². The van der Waals surface area contributed by atoms with Crippen LogP contribution in [0.15, 0.2) is 24.3 Å². The molecule has 0 aliphatic heterocycles. The van der Waals surface area contributed by atoms with Crippen molar-refractivity contribution >= 4 is 6.03 Å². The first-order valence-corrected chi connectivity index (χ1v) is 5.48. The Hall–Kier alpha value is -1.58. The number of halogens is 1. The van der Waals surface area contributed by atoms with Crippen LogP contribution in [0, 0.1) is 5.82 Å². The molecule has 0 fully saturated rings. The molecule has 0 bridgehead atoms. The Bertz CT molecular complexity index is 324. The lowest BCUT2D eigenvalue weighted by Crippen LogP contribution is -2.36. The van der Waals surface area contributed by atoms with Crippen molar-refractivity contribution in [1.82, 2.24) is 10.6 Å². The molecule has 4 heteroatoms. The molecule has 2 amide bonds. The Morgan fingerprint density at radius 3 is 2.44 bits per heavy atom. The highest BCUT2D eigenvalue weighted by molar-refractivity contribution is 5.73. The molecule has 1 aromatic carbocycles. The first kappa shape index (κ1) is 12.5. The molecule has 0 unspecified atom stereocenters. The van der Waals surface area contributed by atoms with Crippen molar-refractivity contribution < 1.29 is 9.18 Å². The highest BCUT2D eigenvalue weighted by Crippen LogP contribution is 2.02. The molecule has 0 radical (unpaired) electrons. The van der Waals surface area contributed by atoms with Crippen LogP contribution in [-0.2, 0) is 6.42 Å². The summed E-state index contributed by atoms with van der Waals surface area (Å²) in [5.74, 6) is -0.239. The second kappa shape index (κ2) is 6.82. The summed E-state index contributed by atoms with van der Waals surface area (Å²) in [5, 5.41) is 5.45. The van der Waals surface area contributed by atoms with E-state index in [1.807, 2.05) is 6.92 Å². The maximum atomic E-state index is 12.6. The van der Waals surface area contributed by atoms with Gasteiger partial charge >= 0.3 is 6.03 Å². The smallest absolute Gasteiger partial charge is 0.314 e. The SMILES string of the molecule is CCCNC(=O)NCCc1ccc(F)cc1. The van der Waals surface area contributed by atoms with Crippen molar-refractivity contribution in [2.45, 2.75) is 19.8 Å². The van der Waals surface area contributed by atoms with Gasteiger partial charge in [0, 0.05) is 13.1 Å². The Kier molecular flexibility index (Phi) is 5.32. The minimum atomic E-state index is -0.239.